The molecule has 0 radical (unpaired) electrons. The number of fused-ring (bicyclic) bond motifs is 1. The van der Waals surface area contributed by atoms with Crippen molar-refractivity contribution in [3.8, 4) is 0 Å². The van der Waals surface area contributed by atoms with Crippen LogP contribution in [0.5, 0.6) is 0 Å². The fourth-order valence-electron chi connectivity index (χ4n) is 3.35. The Labute approximate surface area is 173 Å². The highest BCUT2D eigenvalue weighted by Gasteiger charge is 2.23. The van der Waals surface area contributed by atoms with Gasteiger partial charge in [0.15, 0.2) is 0 Å². The molecule has 4 rings (SSSR count). The summed E-state index contributed by atoms with van der Waals surface area (Å²) in [6, 6.07) is 12.2. The summed E-state index contributed by atoms with van der Waals surface area (Å²) in [5.41, 5.74) is 2.82. The number of carbonyl (C=O) groups is 2. The van der Waals surface area contributed by atoms with Crippen molar-refractivity contribution in [1.29, 1.82) is 0 Å². The van der Waals surface area contributed by atoms with Gasteiger partial charge in [-0.2, -0.15) is 0 Å². The summed E-state index contributed by atoms with van der Waals surface area (Å²) in [5, 5.41) is 6.34. The summed E-state index contributed by atoms with van der Waals surface area (Å²) in [6.07, 6.45) is 1.30. The van der Waals surface area contributed by atoms with E-state index in [9.17, 15) is 9.59 Å². The number of anilines is 1. The lowest BCUT2D eigenvalue weighted by Gasteiger charge is -2.10. The summed E-state index contributed by atoms with van der Waals surface area (Å²) in [6.45, 7) is 0.950. The molecule has 150 valence electrons. The number of halogens is 1. The summed E-state index contributed by atoms with van der Waals surface area (Å²) in [4.78, 5) is 29.1. The maximum absolute atomic E-state index is 12.4. The number of aryl methyl sites for hydroxylation is 1. The Hall–Kier alpha value is -2.90. The molecular formula is C21H21ClN4O3. The minimum absolute atomic E-state index is 0.106. The first-order valence-electron chi connectivity index (χ1n) is 9.43. The Bertz CT molecular complexity index is 1060. The molecule has 2 aromatic carbocycles. The average molecular weight is 413 g/mol. The predicted molar refractivity (Wildman–Crippen MR) is 111 cm³/mol. The fraction of sp³-hybridized carbons (Fsp3) is 0.286. The molecule has 8 heteroatoms. The maximum atomic E-state index is 12.4. The first-order valence-corrected chi connectivity index (χ1v) is 9.80. The molecule has 7 nitrogen and oxygen atoms in total. The summed E-state index contributed by atoms with van der Waals surface area (Å²) in [7, 11) is 1.90. The van der Waals surface area contributed by atoms with Crippen molar-refractivity contribution in [3.05, 3.63) is 58.9 Å². The molecule has 0 aliphatic carbocycles. The molecule has 1 saturated heterocycles. The van der Waals surface area contributed by atoms with Crippen LogP contribution in [0.25, 0.3) is 11.0 Å². The van der Waals surface area contributed by atoms with Crippen LogP contribution >= 0.6 is 11.6 Å². The van der Waals surface area contributed by atoms with Crippen LogP contribution in [0.2, 0.25) is 5.02 Å². The minimum atomic E-state index is -0.362. The molecule has 2 amide bonds. The molecule has 0 spiro atoms. The third-order valence-corrected chi connectivity index (χ3v) is 5.23. The molecular weight excluding hydrogens is 392 g/mol. The summed E-state index contributed by atoms with van der Waals surface area (Å²) in [5.74, 6) is 0.402. The first kappa shape index (κ1) is 19.4. The zero-order chi connectivity index (χ0) is 20.4. The van der Waals surface area contributed by atoms with Crippen molar-refractivity contribution in [2.75, 3.05) is 11.9 Å². The predicted octanol–water partition coefficient (Wildman–Crippen LogP) is 3.27. The smallest absolute Gasteiger partial charge is 0.255 e. The highest BCUT2D eigenvalue weighted by atomic mass is 35.5. The summed E-state index contributed by atoms with van der Waals surface area (Å²) < 4.78 is 7.33. The van der Waals surface area contributed by atoms with Crippen molar-refractivity contribution in [3.63, 3.8) is 0 Å². The lowest BCUT2D eigenvalue weighted by Crippen LogP contribution is -2.34. The number of nitrogens with one attached hydrogen (secondary N) is 2. The number of imidazole rings is 1. The zero-order valence-electron chi connectivity index (χ0n) is 15.9. The number of nitrogens with zero attached hydrogens (tertiary/aromatic N) is 2. The Balaban J connectivity index is 1.47. The topological polar surface area (TPSA) is 85.2 Å². The fourth-order valence-corrected chi connectivity index (χ4v) is 3.48. The van der Waals surface area contributed by atoms with Crippen LogP contribution in [-0.4, -0.2) is 34.1 Å². The number of aromatic nitrogens is 2. The van der Waals surface area contributed by atoms with Gasteiger partial charge in [0.25, 0.3) is 5.91 Å². The zero-order valence-corrected chi connectivity index (χ0v) is 16.7. The van der Waals surface area contributed by atoms with E-state index in [0.717, 1.165) is 29.7 Å². The second kappa shape index (κ2) is 8.23. The molecule has 0 saturated carbocycles. The third-order valence-electron chi connectivity index (χ3n) is 4.98. The van der Waals surface area contributed by atoms with E-state index in [1.165, 1.54) is 0 Å². The van der Waals surface area contributed by atoms with Crippen LogP contribution in [0, 0.1) is 0 Å². The molecule has 29 heavy (non-hydrogen) atoms. The lowest BCUT2D eigenvalue weighted by molar-refractivity contribution is -0.130. The van der Waals surface area contributed by atoms with E-state index in [0.29, 0.717) is 29.4 Å². The van der Waals surface area contributed by atoms with E-state index in [4.69, 9.17) is 16.3 Å². The SMILES string of the molecule is Cn1c(CNC(=O)[C@@H]2CCCO2)nc2cc(NC(=O)c3ccc(Cl)cc3)ccc21. The highest BCUT2D eigenvalue weighted by molar-refractivity contribution is 6.30. The Morgan fingerprint density at radius 3 is 2.76 bits per heavy atom. The molecule has 1 aromatic heterocycles. The number of amides is 2. The number of ether oxygens (including phenoxy) is 1. The molecule has 3 aromatic rings. The van der Waals surface area contributed by atoms with Gasteiger partial charge in [-0.1, -0.05) is 11.6 Å². The van der Waals surface area contributed by atoms with Gasteiger partial charge in [-0.15, -0.1) is 0 Å². The first-order chi connectivity index (χ1) is 14.0. The van der Waals surface area contributed by atoms with Crippen LogP contribution in [0.15, 0.2) is 42.5 Å². The number of carbonyl (C=O) groups excluding carboxylic acids is 2. The van der Waals surface area contributed by atoms with Gasteiger partial charge in [0, 0.05) is 29.9 Å². The number of rotatable bonds is 5. The standard InChI is InChI=1S/C21H21ClN4O3/c1-26-17-9-8-15(24-20(27)13-4-6-14(22)7-5-13)11-16(17)25-19(26)12-23-21(28)18-3-2-10-29-18/h4-9,11,18H,2-3,10,12H2,1H3,(H,23,28)(H,24,27)/t18-/m0/s1. The second-order valence-corrected chi connectivity index (χ2v) is 7.41. The van der Waals surface area contributed by atoms with E-state index in [1.807, 2.05) is 29.8 Å². The van der Waals surface area contributed by atoms with Gasteiger partial charge in [0.1, 0.15) is 11.9 Å². The van der Waals surface area contributed by atoms with Gasteiger partial charge >= 0.3 is 0 Å². The number of benzene rings is 2. The van der Waals surface area contributed by atoms with Crippen molar-refractivity contribution in [1.82, 2.24) is 14.9 Å². The van der Waals surface area contributed by atoms with Crippen LogP contribution < -0.4 is 10.6 Å². The van der Waals surface area contributed by atoms with Crippen LogP contribution in [0.1, 0.15) is 29.0 Å². The van der Waals surface area contributed by atoms with Crippen molar-refractivity contribution in [2.45, 2.75) is 25.5 Å². The number of hydrogen-bond donors (Lipinski definition) is 2. The minimum Gasteiger partial charge on any atom is -0.368 e. The van der Waals surface area contributed by atoms with Gasteiger partial charge in [-0.3, -0.25) is 9.59 Å². The van der Waals surface area contributed by atoms with Gasteiger partial charge in [-0.25, -0.2) is 4.98 Å². The van der Waals surface area contributed by atoms with E-state index in [2.05, 4.69) is 15.6 Å². The van der Waals surface area contributed by atoms with E-state index in [-0.39, 0.29) is 17.9 Å². The normalized spacial score (nSPS) is 16.1. The second-order valence-electron chi connectivity index (χ2n) is 6.97. The Kier molecular flexibility index (Phi) is 5.51. The van der Waals surface area contributed by atoms with E-state index in [1.54, 1.807) is 24.3 Å². The highest BCUT2D eigenvalue weighted by Crippen LogP contribution is 2.21. The molecule has 0 bridgehead atoms. The molecule has 0 unspecified atom stereocenters. The Morgan fingerprint density at radius 1 is 1.24 bits per heavy atom. The van der Waals surface area contributed by atoms with E-state index < -0.39 is 0 Å². The number of hydrogen-bond acceptors (Lipinski definition) is 4. The van der Waals surface area contributed by atoms with Gasteiger partial charge in [0.2, 0.25) is 5.91 Å². The van der Waals surface area contributed by atoms with Crippen LogP contribution in [-0.2, 0) is 23.1 Å². The lowest BCUT2D eigenvalue weighted by atomic mass is 10.2. The molecule has 1 fully saturated rings. The Morgan fingerprint density at radius 2 is 2.03 bits per heavy atom. The van der Waals surface area contributed by atoms with Crippen molar-refractivity contribution in [2.24, 2.45) is 7.05 Å². The van der Waals surface area contributed by atoms with Gasteiger partial charge in [0.05, 0.1) is 17.6 Å². The van der Waals surface area contributed by atoms with Crippen LogP contribution in [0.4, 0.5) is 5.69 Å². The van der Waals surface area contributed by atoms with E-state index >= 15 is 0 Å². The van der Waals surface area contributed by atoms with Crippen molar-refractivity contribution < 1.29 is 14.3 Å². The van der Waals surface area contributed by atoms with Gasteiger partial charge in [-0.05, 0) is 55.3 Å². The quantitative estimate of drug-likeness (QED) is 0.673. The van der Waals surface area contributed by atoms with Crippen LogP contribution in [0.3, 0.4) is 0 Å². The monoisotopic (exact) mass is 412 g/mol. The van der Waals surface area contributed by atoms with Crippen molar-refractivity contribution >= 4 is 40.1 Å². The molecule has 2 N–H and O–H groups in total. The molecule has 1 aliphatic rings. The molecule has 1 atom stereocenters. The van der Waals surface area contributed by atoms with Gasteiger partial charge < -0.3 is 19.9 Å². The largest absolute Gasteiger partial charge is 0.368 e. The molecule has 2 heterocycles. The average Bonchev–Trinajstić information content (AvgIpc) is 3.35. The maximum Gasteiger partial charge on any atom is 0.255 e. The molecule has 1 aliphatic heterocycles. The summed E-state index contributed by atoms with van der Waals surface area (Å²) >= 11 is 5.87. The third kappa shape index (κ3) is 4.26.